The van der Waals surface area contributed by atoms with Crippen LogP contribution in [0, 0.1) is 22.9 Å². The molecule has 0 saturated carbocycles. The molecular formula is C12H8FNO5S. The standard InChI is InChI=1S/C12H8FNO5S/c1-6-2-10(8(13)4-9(6)14(17)18)19-7-3-11(12(15)16)20-5-7/h2-5H,1H3,(H,15,16). The molecular weight excluding hydrogens is 289 g/mol. The molecule has 1 aromatic heterocycles. The van der Waals surface area contributed by atoms with Crippen LogP contribution in [0.5, 0.6) is 11.5 Å². The van der Waals surface area contributed by atoms with Crippen molar-refractivity contribution in [3.63, 3.8) is 0 Å². The van der Waals surface area contributed by atoms with Crippen LogP contribution in [0.15, 0.2) is 23.6 Å². The molecule has 2 rings (SSSR count). The Kier molecular flexibility index (Phi) is 3.66. The number of halogens is 1. The third-order valence-electron chi connectivity index (χ3n) is 2.46. The maximum absolute atomic E-state index is 13.7. The number of ether oxygens (including phenoxy) is 1. The van der Waals surface area contributed by atoms with Gasteiger partial charge in [-0.15, -0.1) is 11.3 Å². The van der Waals surface area contributed by atoms with Gasteiger partial charge in [0.1, 0.15) is 10.6 Å². The van der Waals surface area contributed by atoms with E-state index >= 15 is 0 Å². The quantitative estimate of drug-likeness (QED) is 0.688. The number of hydrogen-bond acceptors (Lipinski definition) is 5. The number of benzene rings is 1. The molecule has 104 valence electrons. The van der Waals surface area contributed by atoms with Crippen molar-refractivity contribution in [2.75, 3.05) is 0 Å². The van der Waals surface area contributed by atoms with Gasteiger partial charge in [0.15, 0.2) is 11.6 Å². The van der Waals surface area contributed by atoms with Crippen molar-refractivity contribution in [1.82, 2.24) is 0 Å². The van der Waals surface area contributed by atoms with Crippen LogP contribution in [0.3, 0.4) is 0 Å². The summed E-state index contributed by atoms with van der Waals surface area (Å²) in [7, 11) is 0. The van der Waals surface area contributed by atoms with E-state index in [0.717, 1.165) is 17.4 Å². The van der Waals surface area contributed by atoms with E-state index in [-0.39, 0.29) is 27.6 Å². The highest BCUT2D eigenvalue weighted by molar-refractivity contribution is 7.12. The number of aryl methyl sites for hydroxylation is 1. The molecule has 2 aromatic rings. The zero-order chi connectivity index (χ0) is 14.9. The van der Waals surface area contributed by atoms with Gasteiger partial charge in [-0.3, -0.25) is 10.1 Å². The molecule has 1 heterocycles. The number of thiophene rings is 1. The first-order valence-corrected chi connectivity index (χ1v) is 6.20. The van der Waals surface area contributed by atoms with Crippen molar-refractivity contribution in [3.05, 3.63) is 50.0 Å². The summed E-state index contributed by atoms with van der Waals surface area (Å²) in [6.07, 6.45) is 0. The van der Waals surface area contributed by atoms with Gasteiger partial charge in [-0.1, -0.05) is 0 Å². The molecule has 0 spiro atoms. The number of rotatable bonds is 4. The minimum Gasteiger partial charge on any atom is -0.477 e. The van der Waals surface area contributed by atoms with Crippen LogP contribution >= 0.6 is 11.3 Å². The molecule has 8 heteroatoms. The second-order valence-corrected chi connectivity index (χ2v) is 4.79. The van der Waals surface area contributed by atoms with Crippen LogP contribution in [0.1, 0.15) is 15.2 Å². The van der Waals surface area contributed by atoms with Gasteiger partial charge in [0.05, 0.1) is 11.0 Å². The van der Waals surface area contributed by atoms with Crippen LogP contribution in [-0.4, -0.2) is 16.0 Å². The maximum atomic E-state index is 13.7. The van der Waals surface area contributed by atoms with Gasteiger partial charge < -0.3 is 9.84 Å². The normalized spacial score (nSPS) is 10.3. The van der Waals surface area contributed by atoms with E-state index in [9.17, 15) is 19.3 Å². The largest absolute Gasteiger partial charge is 0.477 e. The molecule has 0 bridgehead atoms. The Hall–Kier alpha value is -2.48. The lowest BCUT2D eigenvalue weighted by molar-refractivity contribution is -0.385. The van der Waals surface area contributed by atoms with E-state index in [4.69, 9.17) is 9.84 Å². The highest BCUT2D eigenvalue weighted by Crippen LogP contribution is 2.32. The first-order valence-electron chi connectivity index (χ1n) is 5.32. The number of carboxylic acid groups (broad SMARTS) is 1. The number of nitrogens with zero attached hydrogens (tertiary/aromatic N) is 1. The lowest BCUT2D eigenvalue weighted by Crippen LogP contribution is -1.95. The fourth-order valence-electron chi connectivity index (χ4n) is 1.53. The molecule has 0 aliphatic carbocycles. The summed E-state index contributed by atoms with van der Waals surface area (Å²) in [5.41, 5.74) is -0.0912. The van der Waals surface area contributed by atoms with Crippen molar-refractivity contribution in [2.24, 2.45) is 0 Å². The molecule has 0 fully saturated rings. The molecule has 0 amide bonds. The van der Waals surface area contributed by atoms with Crippen molar-refractivity contribution >= 4 is 23.0 Å². The van der Waals surface area contributed by atoms with E-state index < -0.39 is 16.7 Å². The van der Waals surface area contributed by atoms with Crippen molar-refractivity contribution in [3.8, 4) is 11.5 Å². The third-order valence-corrected chi connectivity index (χ3v) is 3.36. The minimum absolute atomic E-state index is 0.0547. The molecule has 20 heavy (non-hydrogen) atoms. The zero-order valence-corrected chi connectivity index (χ0v) is 10.9. The van der Waals surface area contributed by atoms with Crippen LogP contribution in [0.2, 0.25) is 0 Å². The number of carboxylic acids is 1. The first-order chi connectivity index (χ1) is 9.38. The Bertz CT molecular complexity index is 697. The molecule has 1 N–H and O–H groups in total. The van der Waals surface area contributed by atoms with E-state index in [2.05, 4.69) is 0 Å². The average Bonchev–Trinajstić information content (AvgIpc) is 2.81. The van der Waals surface area contributed by atoms with Crippen LogP contribution in [-0.2, 0) is 0 Å². The predicted octanol–water partition coefficient (Wildman–Crippen LogP) is 3.59. The second-order valence-electron chi connectivity index (χ2n) is 3.88. The average molecular weight is 297 g/mol. The van der Waals surface area contributed by atoms with Gasteiger partial charge in [-0.25, -0.2) is 9.18 Å². The summed E-state index contributed by atoms with van der Waals surface area (Å²) in [6.45, 7) is 1.46. The maximum Gasteiger partial charge on any atom is 0.346 e. The van der Waals surface area contributed by atoms with E-state index in [0.29, 0.717) is 0 Å². The molecule has 1 aromatic carbocycles. The summed E-state index contributed by atoms with van der Waals surface area (Å²) in [5.74, 6) is -2.02. The smallest absolute Gasteiger partial charge is 0.346 e. The number of nitro groups is 1. The third kappa shape index (κ3) is 2.75. The second kappa shape index (κ2) is 5.25. The van der Waals surface area contributed by atoms with Gasteiger partial charge >= 0.3 is 5.97 Å². The molecule has 0 radical (unpaired) electrons. The Morgan fingerprint density at radius 2 is 2.15 bits per heavy atom. The van der Waals surface area contributed by atoms with E-state index in [1.54, 1.807) is 0 Å². The molecule has 6 nitrogen and oxygen atoms in total. The van der Waals surface area contributed by atoms with E-state index in [1.807, 2.05) is 0 Å². The molecule has 0 atom stereocenters. The fraction of sp³-hybridized carbons (Fsp3) is 0.0833. The Balaban J connectivity index is 2.31. The zero-order valence-electron chi connectivity index (χ0n) is 10.1. The first kappa shape index (κ1) is 13.9. The topological polar surface area (TPSA) is 89.7 Å². The fourth-order valence-corrected chi connectivity index (χ4v) is 2.18. The molecule has 0 aliphatic heterocycles. The summed E-state index contributed by atoms with van der Waals surface area (Å²) < 4.78 is 18.9. The minimum atomic E-state index is -1.11. The van der Waals surface area contributed by atoms with Crippen LogP contribution in [0.4, 0.5) is 10.1 Å². The Labute approximate surface area is 116 Å². The lowest BCUT2D eigenvalue weighted by Gasteiger charge is -2.06. The van der Waals surface area contributed by atoms with Crippen molar-refractivity contribution in [1.29, 1.82) is 0 Å². The number of nitro benzene ring substituents is 1. The molecule has 0 aliphatic rings. The summed E-state index contributed by atoms with van der Waals surface area (Å²) in [6, 6.07) is 3.23. The van der Waals surface area contributed by atoms with Crippen LogP contribution in [0.25, 0.3) is 0 Å². The summed E-state index contributed by atoms with van der Waals surface area (Å²) in [5, 5.41) is 20.8. The highest BCUT2D eigenvalue weighted by Gasteiger charge is 2.17. The van der Waals surface area contributed by atoms with Gasteiger partial charge in [-0.05, 0) is 13.0 Å². The number of carbonyl (C=O) groups is 1. The molecule has 0 unspecified atom stereocenters. The predicted molar refractivity (Wildman–Crippen MR) is 69.1 cm³/mol. The lowest BCUT2D eigenvalue weighted by atomic mass is 10.2. The Morgan fingerprint density at radius 1 is 1.45 bits per heavy atom. The van der Waals surface area contributed by atoms with Gasteiger partial charge in [0.25, 0.3) is 5.69 Å². The van der Waals surface area contributed by atoms with Gasteiger partial charge in [0.2, 0.25) is 0 Å². The number of hydrogen-bond donors (Lipinski definition) is 1. The monoisotopic (exact) mass is 297 g/mol. The summed E-state index contributed by atoms with van der Waals surface area (Å²) in [4.78, 5) is 20.7. The molecule has 0 saturated heterocycles. The van der Waals surface area contributed by atoms with E-state index in [1.165, 1.54) is 24.4 Å². The Morgan fingerprint density at radius 3 is 2.70 bits per heavy atom. The van der Waals surface area contributed by atoms with Crippen molar-refractivity contribution in [2.45, 2.75) is 6.92 Å². The van der Waals surface area contributed by atoms with Crippen molar-refractivity contribution < 1.29 is 24.0 Å². The summed E-state index contributed by atoms with van der Waals surface area (Å²) >= 11 is 0.940. The highest BCUT2D eigenvalue weighted by atomic mass is 32.1. The van der Waals surface area contributed by atoms with Gasteiger partial charge in [-0.2, -0.15) is 0 Å². The SMILES string of the molecule is Cc1cc(Oc2csc(C(=O)O)c2)c(F)cc1[N+](=O)[O-]. The number of aromatic carboxylic acids is 1. The van der Waals surface area contributed by atoms with Crippen LogP contribution < -0.4 is 4.74 Å². The van der Waals surface area contributed by atoms with Gasteiger partial charge in [0, 0.05) is 17.0 Å².